The Labute approximate surface area is 184 Å². The van der Waals surface area contributed by atoms with Crippen molar-refractivity contribution in [3.63, 3.8) is 0 Å². The standard InChI is InChI=1S/C16H18N6O5S3/c1-21-16(18-19-20-21)30-6-8-5-29-14-11(13(24)22(14)12(8)15(25)26)17-10(23)4-9-7-28-3-2-27-9/h7,11,14H,2-6H2,1H3,(H,17,23)(H,25,26). The predicted octanol–water partition coefficient (Wildman–Crippen LogP) is 0.0357. The van der Waals surface area contributed by atoms with Crippen molar-refractivity contribution in [2.75, 3.05) is 23.9 Å². The minimum atomic E-state index is -1.16. The van der Waals surface area contributed by atoms with Crippen molar-refractivity contribution in [3.8, 4) is 0 Å². The second kappa shape index (κ2) is 8.89. The van der Waals surface area contributed by atoms with E-state index in [4.69, 9.17) is 4.74 Å². The third kappa shape index (κ3) is 4.16. The summed E-state index contributed by atoms with van der Waals surface area (Å²) in [6, 6.07) is -0.745. The van der Waals surface area contributed by atoms with Crippen LogP contribution in [0.2, 0.25) is 0 Å². The molecule has 1 aromatic rings. The normalized spacial score (nSPS) is 23.3. The van der Waals surface area contributed by atoms with Gasteiger partial charge < -0.3 is 15.2 Å². The molecule has 4 heterocycles. The number of aryl methyl sites for hydroxylation is 1. The molecule has 2 atom stereocenters. The summed E-state index contributed by atoms with van der Waals surface area (Å²) in [4.78, 5) is 38.1. The van der Waals surface area contributed by atoms with Crippen molar-refractivity contribution in [2.45, 2.75) is 23.0 Å². The van der Waals surface area contributed by atoms with Crippen LogP contribution >= 0.6 is 35.3 Å². The fraction of sp³-hybridized carbons (Fsp3) is 0.500. The highest BCUT2D eigenvalue weighted by Gasteiger charge is 2.54. The number of β-lactam (4-membered cyclic amide) rings is 1. The topological polar surface area (TPSA) is 140 Å². The number of carbonyl (C=O) groups is 3. The van der Waals surface area contributed by atoms with Crippen molar-refractivity contribution in [1.82, 2.24) is 30.4 Å². The number of carboxylic acid groups (broad SMARTS) is 1. The second-order valence-electron chi connectivity index (χ2n) is 6.57. The van der Waals surface area contributed by atoms with E-state index >= 15 is 0 Å². The van der Waals surface area contributed by atoms with Crippen molar-refractivity contribution in [1.29, 1.82) is 0 Å². The van der Waals surface area contributed by atoms with E-state index < -0.39 is 23.3 Å². The molecule has 14 heteroatoms. The fourth-order valence-corrected chi connectivity index (χ4v) is 6.14. The summed E-state index contributed by atoms with van der Waals surface area (Å²) in [5.74, 6) is 0.298. The molecule has 4 rings (SSSR count). The van der Waals surface area contributed by atoms with Crippen molar-refractivity contribution < 1.29 is 24.2 Å². The number of aromatic nitrogens is 4. The molecule has 1 fully saturated rings. The molecule has 30 heavy (non-hydrogen) atoms. The van der Waals surface area contributed by atoms with E-state index in [0.717, 1.165) is 5.75 Å². The Morgan fingerprint density at radius 2 is 2.30 bits per heavy atom. The number of fused-ring (bicyclic) bond motifs is 1. The van der Waals surface area contributed by atoms with Crippen LogP contribution in [0.4, 0.5) is 0 Å². The molecule has 11 nitrogen and oxygen atoms in total. The first-order chi connectivity index (χ1) is 14.5. The molecular weight excluding hydrogens is 452 g/mol. The molecule has 3 aliphatic heterocycles. The fourth-order valence-electron chi connectivity index (χ4n) is 3.17. The summed E-state index contributed by atoms with van der Waals surface area (Å²) in [5, 5.41) is 25.5. The van der Waals surface area contributed by atoms with Gasteiger partial charge in [-0.1, -0.05) is 11.8 Å². The van der Waals surface area contributed by atoms with E-state index in [1.807, 2.05) is 0 Å². The molecule has 3 aliphatic rings. The number of carbonyl (C=O) groups excluding carboxylic acids is 2. The van der Waals surface area contributed by atoms with Crippen molar-refractivity contribution in [2.24, 2.45) is 7.05 Å². The lowest BCUT2D eigenvalue weighted by Crippen LogP contribution is -2.70. The Kier molecular flexibility index (Phi) is 6.24. The lowest BCUT2D eigenvalue weighted by atomic mass is 10.0. The van der Waals surface area contributed by atoms with Crippen molar-refractivity contribution in [3.05, 3.63) is 22.4 Å². The smallest absolute Gasteiger partial charge is 0.352 e. The van der Waals surface area contributed by atoms with Crippen LogP contribution < -0.4 is 5.32 Å². The number of amides is 2. The zero-order valence-electron chi connectivity index (χ0n) is 15.8. The monoisotopic (exact) mass is 470 g/mol. The van der Waals surface area contributed by atoms with Gasteiger partial charge >= 0.3 is 5.97 Å². The SMILES string of the molecule is Cn1nnnc1SCC1=C(C(=O)O)N2C(=O)C(NC(=O)CC3=CSCCO3)C2SC1. The molecule has 2 amide bonds. The highest BCUT2D eigenvalue weighted by molar-refractivity contribution is 8.02. The van der Waals surface area contributed by atoms with E-state index in [0.29, 0.717) is 34.6 Å². The zero-order chi connectivity index (χ0) is 21.3. The van der Waals surface area contributed by atoms with Gasteiger partial charge in [-0.15, -0.1) is 28.6 Å². The number of nitrogens with one attached hydrogen (secondary N) is 1. The van der Waals surface area contributed by atoms with Gasteiger partial charge in [-0.05, 0) is 16.0 Å². The van der Waals surface area contributed by atoms with Gasteiger partial charge in [0.2, 0.25) is 11.1 Å². The minimum absolute atomic E-state index is 0.0217. The van der Waals surface area contributed by atoms with Crippen LogP contribution in [0, 0.1) is 0 Å². The van der Waals surface area contributed by atoms with Gasteiger partial charge in [-0.2, -0.15) is 0 Å². The number of hydrogen-bond donors (Lipinski definition) is 2. The highest BCUT2D eigenvalue weighted by atomic mass is 32.2. The second-order valence-corrected chi connectivity index (χ2v) is 9.59. The van der Waals surface area contributed by atoms with Gasteiger partial charge in [-0.3, -0.25) is 14.5 Å². The maximum atomic E-state index is 12.7. The molecule has 0 aliphatic carbocycles. The molecule has 0 aromatic carbocycles. The number of thioether (sulfide) groups is 3. The van der Waals surface area contributed by atoms with E-state index in [1.54, 1.807) is 24.2 Å². The Morgan fingerprint density at radius 3 is 2.97 bits per heavy atom. The number of nitrogens with zero attached hydrogens (tertiary/aromatic N) is 5. The third-order valence-corrected chi connectivity index (χ3v) is 7.83. The van der Waals surface area contributed by atoms with Crippen LogP contribution in [0.3, 0.4) is 0 Å². The van der Waals surface area contributed by atoms with Gasteiger partial charge in [0.15, 0.2) is 0 Å². The van der Waals surface area contributed by atoms with Crippen LogP contribution in [0.5, 0.6) is 0 Å². The van der Waals surface area contributed by atoms with Gasteiger partial charge in [-0.25, -0.2) is 9.48 Å². The highest BCUT2D eigenvalue weighted by Crippen LogP contribution is 2.41. The average Bonchev–Trinajstić information content (AvgIpc) is 3.15. The Bertz CT molecular complexity index is 948. The Morgan fingerprint density at radius 1 is 1.47 bits per heavy atom. The summed E-state index contributed by atoms with van der Waals surface area (Å²) >= 11 is 4.31. The first-order valence-corrected chi connectivity index (χ1v) is 12.0. The number of carboxylic acids is 1. The number of aliphatic carboxylic acids is 1. The van der Waals surface area contributed by atoms with Gasteiger partial charge in [0, 0.05) is 29.7 Å². The summed E-state index contributed by atoms with van der Waals surface area (Å²) in [6.07, 6.45) is 0.0589. The number of tetrazole rings is 1. The molecular formula is C16H18N6O5S3. The first kappa shape index (κ1) is 21.1. The molecule has 2 unspecified atom stereocenters. The molecule has 160 valence electrons. The van der Waals surface area contributed by atoms with Crippen LogP contribution in [0.1, 0.15) is 6.42 Å². The largest absolute Gasteiger partial charge is 0.496 e. The van der Waals surface area contributed by atoms with E-state index in [-0.39, 0.29) is 18.0 Å². The molecule has 1 aromatic heterocycles. The van der Waals surface area contributed by atoms with E-state index in [2.05, 4.69) is 20.8 Å². The number of ether oxygens (including phenoxy) is 1. The van der Waals surface area contributed by atoms with Gasteiger partial charge in [0.25, 0.3) is 5.91 Å². The molecule has 0 spiro atoms. The first-order valence-electron chi connectivity index (χ1n) is 8.93. The third-order valence-electron chi connectivity index (χ3n) is 4.56. The molecule has 0 saturated carbocycles. The predicted molar refractivity (Wildman–Crippen MR) is 110 cm³/mol. The quantitative estimate of drug-likeness (QED) is 0.412. The lowest BCUT2D eigenvalue weighted by molar-refractivity contribution is -0.150. The Balaban J connectivity index is 1.42. The summed E-state index contributed by atoms with van der Waals surface area (Å²) in [6.45, 7) is 0.552. The average molecular weight is 471 g/mol. The van der Waals surface area contributed by atoms with Gasteiger partial charge in [0.1, 0.15) is 22.9 Å². The summed E-state index contributed by atoms with van der Waals surface area (Å²) in [5.41, 5.74) is 0.597. The van der Waals surface area contributed by atoms with Gasteiger partial charge in [0.05, 0.1) is 13.0 Å². The Hall–Kier alpha value is -2.19. The number of rotatable bonds is 7. The molecule has 2 N–H and O–H groups in total. The number of hydrogen-bond acceptors (Lipinski definition) is 10. The van der Waals surface area contributed by atoms with E-state index in [9.17, 15) is 19.5 Å². The molecule has 0 bridgehead atoms. The minimum Gasteiger partial charge on any atom is -0.496 e. The van der Waals surface area contributed by atoms with Crippen LogP contribution in [-0.2, 0) is 26.2 Å². The molecule has 1 saturated heterocycles. The van der Waals surface area contributed by atoms with E-state index in [1.165, 1.54) is 33.1 Å². The van der Waals surface area contributed by atoms with Crippen LogP contribution in [0.15, 0.2) is 27.6 Å². The summed E-state index contributed by atoms with van der Waals surface area (Å²) < 4.78 is 6.91. The van der Waals surface area contributed by atoms with Crippen molar-refractivity contribution >= 4 is 53.1 Å². The lowest BCUT2D eigenvalue weighted by Gasteiger charge is -2.49. The molecule has 0 radical (unpaired) electrons. The zero-order valence-corrected chi connectivity index (χ0v) is 18.3. The van der Waals surface area contributed by atoms with Crippen LogP contribution in [-0.4, -0.2) is 83.3 Å². The van der Waals surface area contributed by atoms with Crippen LogP contribution in [0.25, 0.3) is 0 Å². The maximum Gasteiger partial charge on any atom is 0.352 e. The summed E-state index contributed by atoms with van der Waals surface area (Å²) in [7, 11) is 1.69. The maximum absolute atomic E-state index is 12.7.